The summed E-state index contributed by atoms with van der Waals surface area (Å²) in [5.74, 6) is 0.546. The van der Waals surface area contributed by atoms with Gasteiger partial charge < -0.3 is 0 Å². The van der Waals surface area contributed by atoms with Gasteiger partial charge in [-0.25, -0.2) is 0 Å². The summed E-state index contributed by atoms with van der Waals surface area (Å²) < 4.78 is 0. The lowest BCUT2D eigenvalue weighted by atomic mass is 10.0. The van der Waals surface area contributed by atoms with Crippen molar-refractivity contribution in [3.05, 3.63) is 0 Å². The number of hydrogen-bond acceptors (Lipinski definition) is 1. The molecule has 0 saturated heterocycles. The molecule has 1 radical (unpaired) electrons. The van der Waals surface area contributed by atoms with Gasteiger partial charge in [-0.15, -0.1) is 0 Å². The Morgan fingerprint density at radius 1 is 1.27 bits per heavy atom. The first kappa shape index (κ1) is 10.7. The minimum Gasteiger partial charge on any atom is -0.291 e. The lowest BCUT2D eigenvalue weighted by Gasteiger charge is -2.05. The summed E-state index contributed by atoms with van der Waals surface area (Å²) in [4.78, 5) is 9.98. The molecule has 1 nitrogen and oxygen atoms in total. The van der Waals surface area contributed by atoms with Crippen LogP contribution < -0.4 is 0 Å². The van der Waals surface area contributed by atoms with Gasteiger partial charge in [-0.3, -0.25) is 4.79 Å². The van der Waals surface area contributed by atoms with E-state index in [2.05, 4.69) is 13.8 Å². The van der Waals surface area contributed by atoms with Gasteiger partial charge in [0.15, 0.2) is 6.29 Å². The second-order valence-corrected chi connectivity index (χ2v) is 3.30. The molecule has 0 N–H and O–H groups in total. The van der Waals surface area contributed by atoms with E-state index in [1.807, 2.05) is 6.29 Å². The largest absolute Gasteiger partial charge is 0.291 e. The van der Waals surface area contributed by atoms with E-state index in [-0.39, 0.29) is 0 Å². The summed E-state index contributed by atoms with van der Waals surface area (Å²) in [6.45, 7) is 4.33. The third kappa shape index (κ3) is 7.57. The monoisotopic (exact) mass is 155 g/mol. The van der Waals surface area contributed by atoms with Gasteiger partial charge in [-0.1, -0.05) is 46.0 Å². The predicted molar refractivity (Wildman–Crippen MR) is 48.2 cm³/mol. The average Bonchev–Trinajstić information content (AvgIpc) is 1.99. The Morgan fingerprint density at radius 2 is 2.00 bits per heavy atom. The van der Waals surface area contributed by atoms with Crippen LogP contribution in [0.25, 0.3) is 0 Å². The normalized spacial score (nSPS) is 12.9. The molecule has 0 aliphatic heterocycles. The van der Waals surface area contributed by atoms with Crippen molar-refractivity contribution in [3.8, 4) is 0 Å². The SMILES string of the molecule is CCCCCCC(C)C[C]=O. The van der Waals surface area contributed by atoms with Crippen LogP contribution in [-0.2, 0) is 4.79 Å². The van der Waals surface area contributed by atoms with E-state index in [0.717, 1.165) is 0 Å². The molecule has 1 atom stereocenters. The average molecular weight is 155 g/mol. The van der Waals surface area contributed by atoms with Crippen molar-refractivity contribution in [2.75, 3.05) is 0 Å². The Morgan fingerprint density at radius 3 is 2.55 bits per heavy atom. The number of unbranched alkanes of at least 4 members (excludes halogenated alkanes) is 3. The van der Waals surface area contributed by atoms with Gasteiger partial charge >= 0.3 is 0 Å². The molecule has 0 bridgehead atoms. The van der Waals surface area contributed by atoms with E-state index in [1.165, 1.54) is 32.1 Å². The van der Waals surface area contributed by atoms with Crippen LogP contribution in [0.3, 0.4) is 0 Å². The summed E-state index contributed by atoms with van der Waals surface area (Å²) in [6, 6.07) is 0. The Bertz CT molecular complexity index is 88.9. The minimum absolute atomic E-state index is 0.546. The lowest BCUT2D eigenvalue weighted by Crippen LogP contribution is -1.94. The molecule has 0 aromatic carbocycles. The predicted octanol–water partition coefficient (Wildman–Crippen LogP) is 3.09. The maximum atomic E-state index is 9.98. The molecule has 1 heteroatoms. The third-order valence-corrected chi connectivity index (χ3v) is 1.98. The standard InChI is InChI=1S/C10H19O/c1-3-4-5-6-7-10(2)8-9-11/h10H,3-8H2,1-2H3. The quantitative estimate of drug-likeness (QED) is 0.516. The van der Waals surface area contributed by atoms with E-state index in [1.54, 1.807) is 0 Å². The van der Waals surface area contributed by atoms with Gasteiger partial charge in [0.05, 0.1) is 0 Å². The first-order chi connectivity index (χ1) is 5.31. The van der Waals surface area contributed by atoms with Gasteiger partial charge in [-0.2, -0.15) is 0 Å². The Kier molecular flexibility index (Phi) is 7.54. The molecule has 0 aromatic rings. The van der Waals surface area contributed by atoms with Gasteiger partial charge in [0, 0.05) is 6.42 Å². The van der Waals surface area contributed by atoms with Crippen LogP contribution in [0.1, 0.15) is 52.4 Å². The molecule has 0 aliphatic carbocycles. The second kappa shape index (κ2) is 7.77. The molecule has 11 heavy (non-hydrogen) atoms. The molecule has 0 spiro atoms. The van der Waals surface area contributed by atoms with Gasteiger partial charge in [0.25, 0.3) is 0 Å². The smallest absolute Gasteiger partial charge is 0.198 e. The highest BCUT2D eigenvalue weighted by molar-refractivity contribution is 5.50. The third-order valence-electron chi connectivity index (χ3n) is 1.98. The summed E-state index contributed by atoms with van der Waals surface area (Å²) >= 11 is 0. The molecular weight excluding hydrogens is 136 g/mol. The van der Waals surface area contributed by atoms with Crippen LogP contribution in [0.4, 0.5) is 0 Å². The molecule has 1 unspecified atom stereocenters. The van der Waals surface area contributed by atoms with E-state index in [4.69, 9.17) is 0 Å². The van der Waals surface area contributed by atoms with E-state index in [0.29, 0.717) is 12.3 Å². The Labute approximate surface area is 70.2 Å². The zero-order valence-electron chi connectivity index (χ0n) is 7.73. The lowest BCUT2D eigenvalue weighted by molar-refractivity contribution is 0.480. The van der Waals surface area contributed by atoms with Crippen LogP contribution in [0, 0.1) is 5.92 Å². The summed E-state index contributed by atoms with van der Waals surface area (Å²) in [5, 5.41) is 0. The molecule has 0 aromatic heterocycles. The topological polar surface area (TPSA) is 17.1 Å². The van der Waals surface area contributed by atoms with Crippen molar-refractivity contribution in [2.24, 2.45) is 5.92 Å². The van der Waals surface area contributed by atoms with Crippen molar-refractivity contribution >= 4 is 6.29 Å². The van der Waals surface area contributed by atoms with Crippen LogP contribution >= 0.6 is 0 Å². The van der Waals surface area contributed by atoms with Crippen molar-refractivity contribution < 1.29 is 4.79 Å². The summed E-state index contributed by atoms with van der Waals surface area (Å²) in [7, 11) is 0. The molecule has 0 saturated carbocycles. The molecule has 0 heterocycles. The highest BCUT2D eigenvalue weighted by atomic mass is 16.1. The van der Waals surface area contributed by atoms with Gasteiger partial charge in [-0.05, 0) is 5.92 Å². The van der Waals surface area contributed by atoms with Crippen LogP contribution in [0.5, 0.6) is 0 Å². The Hall–Kier alpha value is -0.330. The van der Waals surface area contributed by atoms with Crippen molar-refractivity contribution in [1.29, 1.82) is 0 Å². The first-order valence-corrected chi connectivity index (χ1v) is 4.66. The molecule has 0 aliphatic rings. The van der Waals surface area contributed by atoms with Gasteiger partial charge in [0.2, 0.25) is 0 Å². The van der Waals surface area contributed by atoms with Crippen molar-refractivity contribution in [1.82, 2.24) is 0 Å². The van der Waals surface area contributed by atoms with Crippen molar-refractivity contribution in [3.63, 3.8) is 0 Å². The van der Waals surface area contributed by atoms with E-state index >= 15 is 0 Å². The number of carbonyl (C=O) groups excluding carboxylic acids is 1. The molecule has 0 fully saturated rings. The number of hydrogen-bond donors (Lipinski definition) is 0. The molecular formula is C10H19O. The zero-order valence-corrected chi connectivity index (χ0v) is 7.73. The molecule has 0 amide bonds. The highest BCUT2D eigenvalue weighted by Gasteiger charge is 1.99. The summed E-state index contributed by atoms with van der Waals surface area (Å²) in [5.41, 5.74) is 0. The number of rotatable bonds is 7. The fourth-order valence-electron chi connectivity index (χ4n) is 1.16. The maximum absolute atomic E-state index is 9.98. The van der Waals surface area contributed by atoms with Crippen LogP contribution in [0.2, 0.25) is 0 Å². The molecule has 0 rings (SSSR count). The highest BCUT2D eigenvalue weighted by Crippen LogP contribution is 2.11. The van der Waals surface area contributed by atoms with Crippen LogP contribution in [-0.4, -0.2) is 6.29 Å². The fraction of sp³-hybridized carbons (Fsp3) is 0.900. The zero-order chi connectivity index (χ0) is 8.53. The van der Waals surface area contributed by atoms with E-state index in [9.17, 15) is 4.79 Å². The fourth-order valence-corrected chi connectivity index (χ4v) is 1.16. The summed E-state index contributed by atoms with van der Waals surface area (Å²) in [6.07, 6.45) is 8.98. The second-order valence-electron chi connectivity index (χ2n) is 3.30. The van der Waals surface area contributed by atoms with Gasteiger partial charge in [0.1, 0.15) is 0 Å². The first-order valence-electron chi connectivity index (χ1n) is 4.66. The minimum atomic E-state index is 0.546. The molecule has 65 valence electrons. The van der Waals surface area contributed by atoms with E-state index < -0.39 is 0 Å². The maximum Gasteiger partial charge on any atom is 0.198 e. The Balaban J connectivity index is 3.03. The van der Waals surface area contributed by atoms with Crippen molar-refractivity contribution in [2.45, 2.75) is 52.4 Å². The van der Waals surface area contributed by atoms with Crippen LogP contribution in [0.15, 0.2) is 0 Å².